The Morgan fingerprint density at radius 3 is 1.25 bits per heavy atom. The lowest BCUT2D eigenvalue weighted by Gasteiger charge is -2.19. The molecule has 2 atom stereocenters. The van der Waals surface area contributed by atoms with Crippen LogP contribution in [-0.4, -0.2) is 42.8 Å². The van der Waals surface area contributed by atoms with Crippen LogP contribution in [0.4, 0.5) is 0 Å². The molecule has 0 aromatic carbocycles. The summed E-state index contributed by atoms with van der Waals surface area (Å²) in [5.74, 6) is -0.803. The zero-order valence-corrected chi connectivity index (χ0v) is 35.6. The molecule has 0 aromatic heterocycles. The molecule has 2 unspecified atom stereocenters. The maximum atomic E-state index is 12.6. The van der Waals surface area contributed by atoms with Crippen molar-refractivity contribution in [3.8, 4) is 0 Å². The van der Waals surface area contributed by atoms with Gasteiger partial charge in [-0.1, -0.05) is 160 Å². The quantitative estimate of drug-likeness (QED) is 0.0283. The lowest BCUT2D eigenvalue weighted by atomic mass is 10.1. The number of unbranched alkanes of at least 4 members (excludes halogenated alkanes) is 25. The van der Waals surface area contributed by atoms with Crippen LogP contribution in [0.1, 0.15) is 220 Å². The van der Waals surface area contributed by atoms with Gasteiger partial charge in [0.2, 0.25) is 0 Å². The molecule has 9 heteroatoms. The number of phosphoric ester groups is 1. The fraction of sp³-hybridized carbons (Fsp3) is 0.864. The summed E-state index contributed by atoms with van der Waals surface area (Å²) < 4.78 is 32.6. The van der Waals surface area contributed by atoms with E-state index in [1.807, 2.05) is 0 Å². The largest absolute Gasteiger partial charge is 0.472 e. The van der Waals surface area contributed by atoms with Crippen LogP contribution in [-0.2, 0) is 32.7 Å². The average molecular weight is 771 g/mol. The normalized spacial score (nSPS) is 13.5. The SMILES string of the molecule is CCCCCCC/C=C\CCCCCCCC(=O)OCC(COP(=O)(O)OCC)OC(=O)CCCCCCCCCCC/C=C\CCCCCCCC. The van der Waals surface area contributed by atoms with Crippen molar-refractivity contribution in [2.75, 3.05) is 19.8 Å². The van der Waals surface area contributed by atoms with Crippen LogP contribution in [0.15, 0.2) is 24.3 Å². The van der Waals surface area contributed by atoms with Crippen LogP contribution in [0.3, 0.4) is 0 Å². The van der Waals surface area contributed by atoms with Crippen molar-refractivity contribution in [1.82, 2.24) is 0 Å². The van der Waals surface area contributed by atoms with Crippen molar-refractivity contribution in [2.24, 2.45) is 0 Å². The van der Waals surface area contributed by atoms with Crippen molar-refractivity contribution in [3.05, 3.63) is 24.3 Å². The van der Waals surface area contributed by atoms with E-state index in [0.717, 1.165) is 51.4 Å². The summed E-state index contributed by atoms with van der Waals surface area (Å²) in [5.41, 5.74) is 0. The molecule has 0 aliphatic rings. The van der Waals surface area contributed by atoms with Gasteiger partial charge in [-0.3, -0.25) is 18.6 Å². The van der Waals surface area contributed by atoms with E-state index in [1.54, 1.807) is 6.92 Å². The van der Waals surface area contributed by atoms with E-state index in [0.29, 0.717) is 6.42 Å². The fourth-order valence-corrected chi connectivity index (χ4v) is 6.96. The van der Waals surface area contributed by atoms with Gasteiger partial charge in [0, 0.05) is 12.8 Å². The Labute approximate surface area is 326 Å². The minimum atomic E-state index is -4.28. The summed E-state index contributed by atoms with van der Waals surface area (Å²) in [6.07, 6.45) is 43.7. The average Bonchev–Trinajstić information content (AvgIpc) is 3.13. The van der Waals surface area contributed by atoms with Gasteiger partial charge in [-0.05, 0) is 71.1 Å². The van der Waals surface area contributed by atoms with Crippen LogP contribution in [0.2, 0.25) is 0 Å². The van der Waals surface area contributed by atoms with Crippen molar-refractivity contribution >= 4 is 19.8 Å². The van der Waals surface area contributed by atoms with Gasteiger partial charge in [-0.25, -0.2) is 4.57 Å². The maximum Gasteiger partial charge on any atom is 0.472 e. The number of hydrogen-bond donors (Lipinski definition) is 1. The summed E-state index contributed by atoms with van der Waals surface area (Å²) >= 11 is 0. The first-order chi connectivity index (χ1) is 25.8. The number of carbonyl (C=O) groups is 2. The molecule has 0 aliphatic carbocycles. The molecule has 0 fully saturated rings. The molecule has 0 bridgehead atoms. The third kappa shape index (κ3) is 40.0. The predicted octanol–water partition coefficient (Wildman–Crippen LogP) is 13.8. The van der Waals surface area contributed by atoms with E-state index in [4.69, 9.17) is 18.5 Å². The fourth-order valence-electron chi connectivity index (χ4n) is 6.21. The van der Waals surface area contributed by atoms with Gasteiger partial charge < -0.3 is 14.4 Å². The third-order valence-corrected chi connectivity index (χ3v) is 10.5. The lowest BCUT2D eigenvalue weighted by Crippen LogP contribution is -2.29. The van der Waals surface area contributed by atoms with Crippen LogP contribution < -0.4 is 0 Å². The molecule has 8 nitrogen and oxygen atoms in total. The standard InChI is InChI=1S/C44H83O8P/c1-4-7-9-11-13-15-17-19-21-22-23-24-25-27-29-31-33-35-37-39-44(46)52-42(41-51-53(47,48)50-6-3)40-49-43(45)38-36-34-32-30-28-26-20-18-16-14-12-10-8-5-2/h18-21,42H,4-17,22-41H2,1-3H3,(H,47,48)/b20-18-,21-19-. The van der Waals surface area contributed by atoms with Gasteiger partial charge in [0.15, 0.2) is 6.10 Å². The Morgan fingerprint density at radius 2 is 0.849 bits per heavy atom. The van der Waals surface area contributed by atoms with E-state index in [-0.39, 0.29) is 32.0 Å². The molecule has 1 N–H and O–H groups in total. The highest BCUT2D eigenvalue weighted by molar-refractivity contribution is 7.47. The van der Waals surface area contributed by atoms with Gasteiger partial charge in [0.05, 0.1) is 13.2 Å². The first kappa shape index (κ1) is 51.5. The third-order valence-electron chi connectivity index (χ3n) is 9.48. The van der Waals surface area contributed by atoms with Crippen molar-refractivity contribution in [3.63, 3.8) is 0 Å². The summed E-state index contributed by atoms with van der Waals surface area (Å²) in [4.78, 5) is 34.7. The first-order valence-electron chi connectivity index (χ1n) is 22.1. The van der Waals surface area contributed by atoms with Gasteiger partial charge in [0.25, 0.3) is 0 Å². The molecular formula is C44H83O8P. The van der Waals surface area contributed by atoms with Crippen LogP contribution in [0, 0.1) is 0 Å². The van der Waals surface area contributed by atoms with Crippen molar-refractivity contribution < 1.29 is 37.6 Å². The number of phosphoric acid groups is 1. The van der Waals surface area contributed by atoms with E-state index in [9.17, 15) is 19.0 Å². The molecule has 0 amide bonds. The maximum absolute atomic E-state index is 12.6. The molecule has 0 rings (SSSR count). The minimum Gasteiger partial charge on any atom is -0.462 e. The van der Waals surface area contributed by atoms with Gasteiger partial charge in [-0.2, -0.15) is 0 Å². The zero-order chi connectivity index (χ0) is 38.9. The van der Waals surface area contributed by atoms with Gasteiger partial charge in [0.1, 0.15) is 6.61 Å². The number of esters is 2. The van der Waals surface area contributed by atoms with Gasteiger partial charge >= 0.3 is 19.8 Å². The van der Waals surface area contributed by atoms with Gasteiger partial charge in [-0.15, -0.1) is 0 Å². The number of hydrogen-bond acceptors (Lipinski definition) is 7. The second kappa shape index (κ2) is 40.2. The molecule has 0 radical (unpaired) electrons. The highest BCUT2D eigenvalue weighted by Crippen LogP contribution is 2.43. The summed E-state index contributed by atoms with van der Waals surface area (Å²) in [6.45, 7) is 5.47. The monoisotopic (exact) mass is 771 g/mol. The molecule has 0 aliphatic heterocycles. The second-order valence-electron chi connectivity index (χ2n) is 14.7. The number of rotatable bonds is 41. The molecule has 0 saturated carbocycles. The summed E-state index contributed by atoms with van der Waals surface area (Å²) in [6, 6.07) is 0. The van der Waals surface area contributed by atoms with Crippen molar-refractivity contribution in [2.45, 2.75) is 226 Å². The summed E-state index contributed by atoms with van der Waals surface area (Å²) in [7, 11) is -4.28. The summed E-state index contributed by atoms with van der Waals surface area (Å²) in [5, 5.41) is 0. The number of allylic oxidation sites excluding steroid dienone is 4. The Bertz CT molecular complexity index is 921. The lowest BCUT2D eigenvalue weighted by molar-refractivity contribution is -0.161. The first-order valence-corrected chi connectivity index (χ1v) is 23.6. The zero-order valence-electron chi connectivity index (χ0n) is 34.7. The van der Waals surface area contributed by atoms with Crippen LogP contribution in [0.5, 0.6) is 0 Å². The van der Waals surface area contributed by atoms with Crippen LogP contribution >= 0.6 is 7.82 Å². The van der Waals surface area contributed by atoms with E-state index >= 15 is 0 Å². The highest BCUT2D eigenvalue weighted by Gasteiger charge is 2.25. The number of ether oxygens (including phenoxy) is 2. The smallest absolute Gasteiger partial charge is 0.462 e. The van der Waals surface area contributed by atoms with E-state index in [2.05, 4.69) is 38.2 Å². The predicted molar refractivity (Wildman–Crippen MR) is 221 cm³/mol. The Kier molecular flexibility index (Phi) is 39.1. The van der Waals surface area contributed by atoms with E-state index in [1.165, 1.54) is 128 Å². The number of carbonyl (C=O) groups excluding carboxylic acids is 2. The van der Waals surface area contributed by atoms with E-state index < -0.39 is 26.5 Å². The Morgan fingerprint density at radius 1 is 0.491 bits per heavy atom. The van der Waals surface area contributed by atoms with Crippen LogP contribution in [0.25, 0.3) is 0 Å². The Hall–Kier alpha value is -1.47. The van der Waals surface area contributed by atoms with Crippen molar-refractivity contribution in [1.29, 1.82) is 0 Å². The second-order valence-corrected chi connectivity index (χ2v) is 16.2. The molecule has 312 valence electrons. The molecular weight excluding hydrogens is 687 g/mol. The Balaban J connectivity index is 4.06. The molecule has 0 aromatic rings. The minimum absolute atomic E-state index is 0.000109. The molecule has 53 heavy (non-hydrogen) atoms. The highest BCUT2D eigenvalue weighted by atomic mass is 31.2. The topological polar surface area (TPSA) is 108 Å². The molecule has 0 heterocycles. The molecule has 0 spiro atoms. The molecule has 0 saturated heterocycles.